The molecule has 8 nitrogen and oxygen atoms in total. The summed E-state index contributed by atoms with van der Waals surface area (Å²) in [4.78, 5) is 23.6. The molecule has 1 aromatic rings. The van der Waals surface area contributed by atoms with Gasteiger partial charge in [0, 0.05) is 25.7 Å². The van der Waals surface area contributed by atoms with Gasteiger partial charge in [-0.1, -0.05) is 25.2 Å². The van der Waals surface area contributed by atoms with Crippen LogP contribution in [-0.2, 0) is 9.53 Å². The van der Waals surface area contributed by atoms with E-state index in [1.807, 2.05) is 13.8 Å². The molecule has 0 aliphatic carbocycles. The van der Waals surface area contributed by atoms with Crippen LogP contribution in [0.15, 0.2) is 0 Å². The molecule has 1 aromatic heterocycles. The van der Waals surface area contributed by atoms with Gasteiger partial charge in [-0.15, -0.1) is 10.2 Å². The molecular formula is C13H21N5O3S. The SMILES string of the molecule is CC(C)c1nnc(NC(=O)NCC2(C(N)=O)CCOCC2)s1. The lowest BCUT2D eigenvalue weighted by molar-refractivity contribution is -0.132. The molecule has 0 spiro atoms. The molecule has 0 unspecified atom stereocenters. The lowest BCUT2D eigenvalue weighted by atomic mass is 9.79. The minimum Gasteiger partial charge on any atom is -0.381 e. The molecule has 1 fully saturated rings. The minimum atomic E-state index is -0.736. The summed E-state index contributed by atoms with van der Waals surface area (Å²) in [7, 11) is 0. The number of nitrogens with one attached hydrogen (secondary N) is 2. The van der Waals surface area contributed by atoms with E-state index in [-0.39, 0.29) is 12.5 Å². The number of aromatic nitrogens is 2. The number of urea groups is 1. The molecule has 0 aromatic carbocycles. The largest absolute Gasteiger partial charge is 0.381 e. The number of carbonyl (C=O) groups excluding carboxylic acids is 2. The van der Waals surface area contributed by atoms with Gasteiger partial charge in [0.2, 0.25) is 11.0 Å². The Morgan fingerprint density at radius 1 is 1.36 bits per heavy atom. The summed E-state index contributed by atoms with van der Waals surface area (Å²) < 4.78 is 5.25. The summed E-state index contributed by atoms with van der Waals surface area (Å²) in [5.41, 5.74) is 4.75. The van der Waals surface area contributed by atoms with Crippen molar-refractivity contribution in [2.45, 2.75) is 32.6 Å². The van der Waals surface area contributed by atoms with Crippen molar-refractivity contribution in [1.82, 2.24) is 15.5 Å². The van der Waals surface area contributed by atoms with Crippen molar-refractivity contribution in [3.8, 4) is 0 Å². The fraction of sp³-hybridized carbons (Fsp3) is 0.692. The van der Waals surface area contributed by atoms with Crippen LogP contribution in [0.4, 0.5) is 9.93 Å². The standard InChI is InChI=1S/C13H21N5O3S/c1-8(2)9-17-18-12(22-9)16-11(20)15-7-13(10(14)19)3-5-21-6-4-13/h8H,3-7H2,1-2H3,(H2,14,19)(H2,15,16,18,20). The van der Waals surface area contributed by atoms with E-state index in [2.05, 4.69) is 20.8 Å². The Labute approximate surface area is 132 Å². The van der Waals surface area contributed by atoms with E-state index in [4.69, 9.17) is 10.5 Å². The lowest BCUT2D eigenvalue weighted by Gasteiger charge is -2.34. The van der Waals surface area contributed by atoms with Crippen LogP contribution < -0.4 is 16.4 Å². The van der Waals surface area contributed by atoms with Gasteiger partial charge in [-0.05, 0) is 12.8 Å². The number of rotatable bonds is 5. The van der Waals surface area contributed by atoms with Gasteiger partial charge in [-0.25, -0.2) is 4.79 Å². The van der Waals surface area contributed by atoms with Crippen molar-refractivity contribution in [2.75, 3.05) is 25.1 Å². The van der Waals surface area contributed by atoms with Crippen LogP contribution in [0.25, 0.3) is 0 Å². The predicted octanol–water partition coefficient (Wildman–Crippen LogP) is 1.07. The Kier molecular flexibility index (Phi) is 5.30. The molecule has 0 radical (unpaired) electrons. The van der Waals surface area contributed by atoms with Gasteiger partial charge in [0.15, 0.2) is 0 Å². The van der Waals surface area contributed by atoms with Crippen LogP contribution in [0.2, 0.25) is 0 Å². The van der Waals surface area contributed by atoms with E-state index in [0.717, 1.165) is 5.01 Å². The van der Waals surface area contributed by atoms with Crippen molar-refractivity contribution in [1.29, 1.82) is 0 Å². The van der Waals surface area contributed by atoms with Crippen LogP contribution in [0, 0.1) is 5.41 Å². The lowest BCUT2D eigenvalue weighted by Crippen LogP contribution is -2.50. The highest BCUT2D eigenvalue weighted by Crippen LogP contribution is 2.29. The maximum absolute atomic E-state index is 11.9. The van der Waals surface area contributed by atoms with Crippen molar-refractivity contribution in [2.24, 2.45) is 11.1 Å². The number of primary amides is 1. The highest BCUT2D eigenvalue weighted by Gasteiger charge is 2.38. The monoisotopic (exact) mass is 327 g/mol. The van der Waals surface area contributed by atoms with Gasteiger partial charge in [0.25, 0.3) is 0 Å². The molecule has 0 saturated carbocycles. The maximum atomic E-state index is 11.9. The summed E-state index contributed by atoms with van der Waals surface area (Å²) in [5.74, 6) is -0.148. The van der Waals surface area contributed by atoms with Crippen molar-refractivity contribution >= 4 is 28.4 Å². The van der Waals surface area contributed by atoms with E-state index in [1.165, 1.54) is 11.3 Å². The highest BCUT2D eigenvalue weighted by atomic mass is 32.1. The number of amides is 3. The van der Waals surface area contributed by atoms with Crippen LogP contribution >= 0.6 is 11.3 Å². The molecule has 3 amide bonds. The summed E-state index contributed by atoms with van der Waals surface area (Å²) >= 11 is 1.33. The third-order valence-electron chi connectivity index (χ3n) is 3.71. The second-order valence-electron chi connectivity index (χ2n) is 5.66. The Hall–Kier alpha value is -1.74. The number of hydrogen-bond donors (Lipinski definition) is 3. The van der Waals surface area contributed by atoms with Gasteiger partial charge in [-0.2, -0.15) is 0 Å². The van der Waals surface area contributed by atoms with Crippen LogP contribution in [0.5, 0.6) is 0 Å². The first-order valence-corrected chi connectivity index (χ1v) is 8.00. The molecule has 1 saturated heterocycles. The van der Waals surface area contributed by atoms with Gasteiger partial charge in [0.05, 0.1) is 5.41 Å². The summed E-state index contributed by atoms with van der Waals surface area (Å²) in [6, 6.07) is -0.418. The topological polar surface area (TPSA) is 119 Å². The number of nitrogens with two attached hydrogens (primary N) is 1. The zero-order chi connectivity index (χ0) is 16.2. The Morgan fingerprint density at radius 2 is 2.05 bits per heavy atom. The van der Waals surface area contributed by atoms with Crippen LogP contribution in [0.3, 0.4) is 0 Å². The molecule has 0 atom stereocenters. The van der Waals surface area contributed by atoms with E-state index in [0.29, 0.717) is 31.2 Å². The van der Waals surface area contributed by atoms with Gasteiger partial charge >= 0.3 is 6.03 Å². The number of anilines is 1. The van der Waals surface area contributed by atoms with Crippen molar-refractivity contribution < 1.29 is 14.3 Å². The van der Waals surface area contributed by atoms with E-state index in [1.54, 1.807) is 0 Å². The first-order valence-electron chi connectivity index (χ1n) is 7.19. The van der Waals surface area contributed by atoms with Gasteiger partial charge in [0.1, 0.15) is 5.01 Å². The fourth-order valence-corrected chi connectivity index (χ4v) is 2.92. The first-order chi connectivity index (χ1) is 10.4. The average Bonchev–Trinajstić information content (AvgIpc) is 2.95. The van der Waals surface area contributed by atoms with Crippen molar-refractivity contribution in [3.63, 3.8) is 0 Å². The number of carbonyl (C=O) groups is 2. The summed E-state index contributed by atoms with van der Waals surface area (Å²) in [6.45, 7) is 5.15. The maximum Gasteiger partial charge on any atom is 0.321 e. The predicted molar refractivity (Wildman–Crippen MR) is 82.7 cm³/mol. The molecule has 4 N–H and O–H groups in total. The zero-order valence-electron chi connectivity index (χ0n) is 12.7. The smallest absolute Gasteiger partial charge is 0.321 e. The minimum absolute atomic E-state index is 0.188. The third-order valence-corrected chi connectivity index (χ3v) is 4.85. The van der Waals surface area contributed by atoms with Gasteiger partial charge in [-0.3, -0.25) is 10.1 Å². The Balaban J connectivity index is 1.89. The molecule has 9 heteroatoms. The Morgan fingerprint density at radius 3 is 2.59 bits per heavy atom. The molecule has 2 rings (SSSR count). The second kappa shape index (κ2) is 7.01. The molecule has 22 heavy (non-hydrogen) atoms. The zero-order valence-corrected chi connectivity index (χ0v) is 13.5. The van der Waals surface area contributed by atoms with Crippen LogP contribution in [0.1, 0.15) is 37.6 Å². The highest BCUT2D eigenvalue weighted by molar-refractivity contribution is 7.15. The molecule has 122 valence electrons. The molecule has 0 bridgehead atoms. The number of ether oxygens (including phenoxy) is 1. The number of nitrogens with zero attached hydrogens (tertiary/aromatic N) is 2. The van der Waals surface area contributed by atoms with E-state index in [9.17, 15) is 9.59 Å². The second-order valence-corrected chi connectivity index (χ2v) is 6.67. The molecule has 1 aliphatic rings. The van der Waals surface area contributed by atoms with Crippen LogP contribution in [-0.4, -0.2) is 41.9 Å². The van der Waals surface area contributed by atoms with Crippen molar-refractivity contribution in [3.05, 3.63) is 5.01 Å². The quantitative estimate of drug-likeness (QED) is 0.747. The first kappa shape index (κ1) is 16.6. The molecule has 1 aliphatic heterocycles. The summed E-state index contributed by atoms with van der Waals surface area (Å²) in [6.07, 6.45) is 1.03. The molecule has 2 heterocycles. The third kappa shape index (κ3) is 3.92. The normalized spacial score (nSPS) is 17.2. The number of hydrogen-bond acceptors (Lipinski definition) is 6. The average molecular weight is 327 g/mol. The van der Waals surface area contributed by atoms with E-state index >= 15 is 0 Å². The van der Waals surface area contributed by atoms with E-state index < -0.39 is 17.4 Å². The van der Waals surface area contributed by atoms with Gasteiger partial charge < -0.3 is 15.8 Å². The molecular weight excluding hydrogens is 306 g/mol. The fourth-order valence-electron chi connectivity index (χ4n) is 2.18. The Bertz CT molecular complexity index is 540. The summed E-state index contributed by atoms with van der Waals surface area (Å²) in [5, 5.41) is 14.5.